The van der Waals surface area contributed by atoms with Gasteiger partial charge in [0.05, 0.1) is 17.9 Å². The molecule has 0 saturated carbocycles. The number of allylic oxidation sites excluding steroid dienone is 1. The summed E-state index contributed by atoms with van der Waals surface area (Å²) in [6.45, 7) is 2.38. The van der Waals surface area contributed by atoms with E-state index in [0.29, 0.717) is 22.1 Å². The van der Waals surface area contributed by atoms with E-state index < -0.39 is 15.9 Å². The number of benzene rings is 1. The monoisotopic (exact) mass is 430 g/mol. The highest BCUT2D eigenvalue weighted by atomic mass is 32.2. The Morgan fingerprint density at radius 3 is 2.62 bits per heavy atom. The summed E-state index contributed by atoms with van der Waals surface area (Å²) in [4.78, 5) is 19.4. The Labute approximate surface area is 174 Å². The van der Waals surface area contributed by atoms with E-state index in [2.05, 4.69) is 17.1 Å². The van der Waals surface area contributed by atoms with Crippen molar-refractivity contribution >= 4 is 38.1 Å². The lowest BCUT2D eigenvalue weighted by molar-refractivity contribution is 0.0977. The number of nitrogens with zero attached hydrogens (tertiary/aromatic N) is 3. The number of nitriles is 1. The number of amides is 1. The quantitative estimate of drug-likeness (QED) is 0.702. The number of aryl methyl sites for hydroxylation is 1. The molecule has 0 radical (unpaired) electrons. The van der Waals surface area contributed by atoms with Gasteiger partial charge in [-0.2, -0.15) is 5.26 Å². The Balaban J connectivity index is 1.97. The van der Waals surface area contributed by atoms with Crippen LogP contribution in [0.3, 0.4) is 0 Å². The second kappa shape index (κ2) is 8.76. The highest BCUT2D eigenvalue weighted by Gasteiger charge is 2.23. The molecule has 29 heavy (non-hydrogen) atoms. The van der Waals surface area contributed by atoms with Crippen molar-refractivity contribution in [2.45, 2.75) is 32.6 Å². The van der Waals surface area contributed by atoms with Crippen molar-refractivity contribution in [2.75, 3.05) is 17.7 Å². The topological polar surface area (TPSA) is 103 Å². The summed E-state index contributed by atoms with van der Waals surface area (Å²) in [5.41, 5.74) is 2.83. The molecule has 0 aliphatic heterocycles. The maximum Gasteiger partial charge on any atom is 0.284 e. The largest absolute Gasteiger partial charge is 0.314 e. The summed E-state index contributed by atoms with van der Waals surface area (Å²) in [6.07, 6.45) is 7.58. The predicted molar refractivity (Wildman–Crippen MR) is 114 cm³/mol. The Hall–Kier alpha value is -2.70. The van der Waals surface area contributed by atoms with E-state index >= 15 is 0 Å². The zero-order chi connectivity index (χ0) is 21.0. The van der Waals surface area contributed by atoms with Crippen LogP contribution in [0.2, 0.25) is 0 Å². The predicted octanol–water partition coefficient (Wildman–Crippen LogP) is 3.65. The first-order chi connectivity index (χ1) is 13.8. The van der Waals surface area contributed by atoms with Gasteiger partial charge in [-0.25, -0.2) is 18.1 Å². The van der Waals surface area contributed by atoms with Crippen LogP contribution in [0.1, 0.15) is 46.6 Å². The Morgan fingerprint density at radius 2 is 2.03 bits per heavy atom. The molecule has 1 aliphatic rings. The number of thiazole rings is 1. The molecule has 0 spiro atoms. The van der Waals surface area contributed by atoms with Crippen molar-refractivity contribution in [3.63, 3.8) is 0 Å². The molecule has 1 N–H and O–H groups in total. The highest BCUT2D eigenvalue weighted by molar-refractivity contribution is 7.89. The number of aromatic nitrogens is 1. The fourth-order valence-electron chi connectivity index (χ4n) is 3.16. The van der Waals surface area contributed by atoms with Gasteiger partial charge >= 0.3 is 0 Å². The van der Waals surface area contributed by atoms with Gasteiger partial charge in [0.2, 0.25) is 10.0 Å². The second-order valence-electron chi connectivity index (χ2n) is 6.96. The summed E-state index contributed by atoms with van der Waals surface area (Å²) in [5, 5.41) is 9.67. The van der Waals surface area contributed by atoms with Crippen molar-refractivity contribution in [3.8, 4) is 6.07 Å². The number of hydrogen-bond donors (Lipinski definition) is 1. The van der Waals surface area contributed by atoms with Crippen LogP contribution in [0.5, 0.6) is 0 Å². The van der Waals surface area contributed by atoms with E-state index in [1.807, 2.05) is 21.8 Å². The normalized spacial score (nSPS) is 14.0. The molecule has 1 aliphatic carbocycles. The fourth-order valence-corrected chi connectivity index (χ4v) is 4.52. The van der Waals surface area contributed by atoms with E-state index in [4.69, 9.17) is 5.26 Å². The standard InChI is InChI=1S/C20H22N4O3S2/c1-14-18(19(25)23-29(2,26)27)22-20(28-14)24(13-16-6-4-3-5-7-16)17-10-8-15(12-21)9-11-17/h6,8-11H,3-5,7,13H2,1-2H3,(H,23,25). The summed E-state index contributed by atoms with van der Waals surface area (Å²) >= 11 is 1.34. The molecule has 1 amide bonds. The summed E-state index contributed by atoms with van der Waals surface area (Å²) in [5.74, 6) is -0.732. The first-order valence-corrected chi connectivity index (χ1v) is 11.9. The molecular formula is C20H22N4O3S2. The van der Waals surface area contributed by atoms with Crippen molar-refractivity contribution in [1.82, 2.24) is 9.71 Å². The highest BCUT2D eigenvalue weighted by Crippen LogP contribution is 2.33. The molecule has 0 saturated heterocycles. The number of sulfonamides is 1. The van der Waals surface area contributed by atoms with E-state index in [1.165, 1.54) is 23.3 Å². The van der Waals surface area contributed by atoms with Gasteiger partial charge in [-0.05, 0) is 56.9 Å². The minimum atomic E-state index is -3.67. The zero-order valence-electron chi connectivity index (χ0n) is 16.3. The zero-order valence-corrected chi connectivity index (χ0v) is 17.9. The van der Waals surface area contributed by atoms with Crippen molar-refractivity contribution in [3.05, 3.63) is 52.0 Å². The molecule has 0 atom stereocenters. The Bertz CT molecular complexity index is 1080. The lowest BCUT2D eigenvalue weighted by atomic mass is 9.99. The third-order valence-electron chi connectivity index (χ3n) is 4.56. The van der Waals surface area contributed by atoms with Crippen LogP contribution in [0.25, 0.3) is 0 Å². The van der Waals surface area contributed by atoms with Crippen molar-refractivity contribution in [1.29, 1.82) is 5.26 Å². The minimum absolute atomic E-state index is 0.103. The van der Waals surface area contributed by atoms with Crippen LogP contribution < -0.4 is 9.62 Å². The SMILES string of the molecule is Cc1sc(N(CC2=CCCCC2)c2ccc(C#N)cc2)nc1C(=O)NS(C)(=O)=O. The average molecular weight is 431 g/mol. The lowest BCUT2D eigenvalue weighted by Gasteiger charge is -2.25. The van der Waals surface area contributed by atoms with Gasteiger partial charge in [-0.3, -0.25) is 4.79 Å². The van der Waals surface area contributed by atoms with Crippen LogP contribution in [0, 0.1) is 18.3 Å². The third-order valence-corrected chi connectivity index (χ3v) is 6.11. The second-order valence-corrected chi connectivity index (χ2v) is 9.89. The molecule has 1 aromatic heterocycles. The van der Waals surface area contributed by atoms with Crippen LogP contribution >= 0.6 is 11.3 Å². The number of hydrogen-bond acceptors (Lipinski definition) is 7. The molecule has 0 bridgehead atoms. The molecule has 1 aromatic carbocycles. The first-order valence-electron chi connectivity index (χ1n) is 9.22. The van der Waals surface area contributed by atoms with E-state index in [9.17, 15) is 13.2 Å². The number of nitrogens with one attached hydrogen (secondary N) is 1. The summed E-state index contributed by atoms with van der Waals surface area (Å²) < 4.78 is 24.8. The van der Waals surface area contributed by atoms with Crippen LogP contribution in [0.15, 0.2) is 35.9 Å². The number of carbonyl (C=O) groups is 1. The van der Waals surface area contributed by atoms with E-state index in [0.717, 1.165) is 31.2 Å². The Morgan fingerprint density at radius 1 is 1.31 bits per heavy atom. The summed E-state index contributed by atoms with van der Waals surface area (Å²) in [7, 11) is -3.67. The maximum atomic E-state index is 12.3. The smallest absolute Gasteiger partial charge is 0.284 e. The van der Waals surface area contributed by atoms with Gasteiger partial charge in [0, 0.05) is 17.1 Å². The Kier molecular flexibility index (Phi) is 6.35. The van der Waals surface area contributed by atoms with E-state index in [-0.39, 0.29) is 5.69 Å². The maximum absolute atomic E-state index is 12.3. The molecule has 0 unspecified atom stereocenters. The molecule has 9 heteroatoms. The number of anilines is 2. The van der Waals surface area contributed by atoms with E-state index in [1.54, 1.807) is 19.1 Å². The van der Waals surface area contributed by atoms with Gasteiger partial charge in [-0.1, -0.05) is 11.6 Å². The van der Waals surface area contributed by atoms with Gasteiger partial charge in [0.15, 0.2) is 5.13 Å². The molecule has 7 nitrogen and oxygen atoms in total. The average Bonchev–Trinajstić information content (AvgIpc) is 3.07. The molecule has 152 valence electrons. The van der Waals surface area contributed by atoms with Crippen LogP contribution in [-0.4, -0.2) is 32.1 Å². The first kappa shape index (κ1) is 21.0. The van der Waals surface area contributed by atoms with Gasteiger partial charge in [0.25, 0.3) is 5.91 Å². The molecule has 2 aromatic rings. The fraction of sp³-hybridized carbons (Fsp3) is 0.350. The lowest BCUT2D eigenvalue weighted by Crippen LogP contribution is -2.30. The summed E-state index contributed by atoms with van der Waals surface area (Å²) in [6, 6.07) is 9.31. The van der Waals surface area contributed by atoms with Gasteiger partial charge in [0.1, 0.15) is 5.69 Å². The van der Waals surface area contributed by atoms with Crippen molar-refractivity contribution in [2.24, 2.45) is 0 Å². The molecule has 0 fully saturated rings. The third kappa shape index (κ3) is 5.43. The molecule has 3 rings (SSSR count). The van der Waals surface area contributed by atoms with Gasteiger partial charge in [-0.15, -0.1) is 11.3 Å². The van der Waals surface area contributed by atoms with Crippen LogP contribution in [-0.2, 0) is 10.0 Å². The minimum Gasteiger partial charge on any atom is -0.314 e. The van der Waals surface area contributed by atoms with Crippen molar-refractivity contribution < 1.29 is 13.2 Å². The molecular weight excluding hydrogens is 408 g/mol. The van der Waals surface area contributed by atoms with Crippen LogP contribution in [0.4, 0.5) is 10.8 Å². The molecule has 1 heterocycles. The number of carbonyl (C=O) groups excluding carboxylic acids is 1. The van der Waals surface area contributed by atoms with Gasteiger partial charge < -0.3 is 4.90 Å². The number of rotatable bonds is 6.